The number of carbonyl (C=O) groups excluding carboxylic acids is 1. The molecular formula is C53H88KNO7. The van der Waals surface area contributed by atoms with Crippen LogP contribution < -0.4 is 51.4 Å². The van der Waals surface area contributed by atoms with E-state index >= 15 is 0 Å². The molecule has 8 aliphatic rings. The Labute approximate surface area is 419 Å². The predicted molar refractivity (Wildman–Crippen MR) is 239 cm³/mol. The Kier molecular flexibility index (Phi) is 17.3. The first kappa shape index (κ1) is 52.9. The third-order valence-corrected chi connectivity index (χ3v) is 21.8. The largest absolute Gasteiger partial charge is 1.00 e. The molecule has 8 fully saturated rings. The number of aliphatic carboxylic acids is 1. The van der Waals surface area contributed by atoms with Crippen molar-refractivity contribution in [2.75, 3.05) is 0 Å². The van der Waals surface area contributed by atoms with Crippen LogP contribution >= 0.6 is 0 Å². The van der Waals surface area contributed by atoms with Crippen molar-refractivity contribution in [2.24, 2.45) is 110 Å². The predicted octanol–water partition coefficient (Wildman–Crippen LogP) is 8.56. The van der Waals surface area contributed by atoms with E-state index in [1.54, 1.807) is 6.92 Å². The number of aliphatic hydroxyl groups excluding tert-OH is 2. The number of nitrogens with zero attached hydrogens (tertiary/aromatic N) is 1. The van der Waals surface area contributed by atoms with Crippen LogP contribution in [0.15, 0.2) is 0 Å². The van der Waals surface area contributed by atoms with Crippen LogP contribution in [-0.4, -0.2) is 51.0 Å². The zero-order chi connectivity index (χ0) is 43.7. The molecule has 0 aromatic heterocycles. The Morgan fingerprint density at radius 2 is 1.18 bits per heavy atom. The Hall–Kier alpha value is -0.0536. The molecule has 0 saturated heterocycles. The van der Waals surface area contributed by atoms with Gasteiger partial charge in [-0.15, -0.1) is 0 Å². The Bertz CT molecular complexity index is 1600. The van der Waals surface area contributed by atoms with Crippen LogP contribution in [0.2, 0.25) is 0 Å². The Morgan fingerprint density at radius 1 is 0.694 bits per heavy atom. The smallest absolute Gasteiger partial charge is 0.870 e. The maximum atomic E-state index is 12.3. The fraction of sp³-hybridized carbons (Fsp3) is 0.943. The number of fused-ring (bicyclic) bond motifs is 10. The van der Waals surface area contributed by atoms with Gasteiger partial charge in [0.05, 0.1) is 18.3 Å². The Morgan fingerprint density at radius 3 is 1.71 bits per heavy atom. The molecule has 0 aliphatic heterocycles. The van der Waals surface area contributed by atoms with E-state index in [0.29, 0.717) is 88.3 Å². The van der Waals surface area contributed by atoms with Gasteiger partial charge in [-0.05, 0) is 194 Å². The van der Waals surface area contributed by atoms with Crippen LogP contribution in [0.4, 0.5) is 0 Å². The van der Waals surface area contributed by atoms with E-state index < -0.39 is 5.97 Å². The summed E-state index contributed by atoms with van der Waals surface area (Å²) >= 11 is 0. The molecule has 8 nitrogen and oxygen atoms in total. The number of carboxylic acid groups (broad SMARTS) is 1. The van der Waals surface area contributed by atoms with Gasteiger partial charge in [0.2, 0.25) is 0 Å². The van der Waals surface area contributed by atoms with Crippen LogP contribution in [0, 0.1) is 122 Å². The molecular weight excluding hydrogens is 802 g/mol. The van der Waals surface area contributed by atoms with Crippen LogP contribution in [0.3, 0.4) is 0 Å². The maximum Gasteiger partial charge on any atom is 1.00 e. The van der Waals surface area contributed by atoms with Gasteiger partial charge in [0.25, 0.3) is 0 Å². The molecule has 0 bridgehead atoms. The van der Waals surface area contributed by atoms with Gasteiger partial charge in [0.1, 0.15) is 6.10 Å². The maximum absolute atomic E-state index is 12.3. The number of ether oxygens (including phenoxy) is 1. The first-order valence-electron chi connectivity index (χ1n) is 25.4. The number of rotatable bonds is 8. The number of carboxylic acids is 1. The molecule has 0 aromatic carbocycles. The average molecular weight is 890 g/mol. The van der Waals surface area contributed by atoms with Crippen molar-refractivity contribution >= 4 is 11.9 Å². The third-order valence-electron chi connectivity index (χ3n) is 21.8. The Balaban J connectivity index is 0.000000227. The number of esters is 1. The fourth-order valence-electron chi connectivity index (χ4n) is 19.1. The second kappa shape index (κ2) is 20.3. The molecule has 8 aliphatic carbocycles. The van der Waals surface area contributed by atoms with Gasteiger partial charge >= 0.3 is 63.3 Å². The molecule has 0 heterocycles. The third kappa shape index (κ3) is 8.90. The van der Waals surface area contributed by atoms with E-state index in [9.17, 15) is 30.2 Å². The zero-order valence-electron chi connectivity index (χ0n) is 41.1. The van der Waals surface area contributed by atoms with E-state index in [2.05, 4.69) is 68.4 Å². The molecule has 0 aromatic rings. The summed E-state index contributed by atoms with van der Waals surface area (Å²) < 4.78 is 6.30. The normalized spacial score (nSPS) is 49.7. The van der Waals surface area contributed by atoms with E-state index in [-0.39, 0.29) is 110 Å². The first-order chi connectivity index (χ1) is 28.3. The summed E-state index contributed by atoms with van der Waals surface area (Å²) in [6.07, 6.45) is 19.2. The summed E-state index contributed by atoms with van der Waals surface area (Å²) in [7, 11) is 0. The van der Waals surface area contributed by atoms with Gasteiger partial charge in [0, 0.05) is 25.7 Å². The monoisotopic (exact) mass is 890 g/mol. The van der Waals surface area contributed by atoms with Gasteiger partial charge < -0.3 is 25.5 Å². The van der Waals surface area contributed by atoms with Crippen molar-refractivity contribution < 1.29 is 86.5 Å². The fourth-order valence-corrected chi connectivity index (χ4v) is 19.1. The van der Waals surface area contributed by atoms with Gasteiger partial charge in [-0.25, -0.2) is 0 Å². The van der Waals surface area contributed by atoms with Crippen molar-refractivity contribution in [1.82, 2.24) is 0 Å². The van der Waals surface area contributed by atoms with Gasteiger partial charge in [-0.3, -0.25) is 9.59 Å². The summed E-state index contributed by atoms with van der Waals surface area (Å²) in [5.74, 6) is 6.89. The molecule has 0 radical (unpaired) electrons. The van der Waals surface area contributed by atoms with E-state index in [4.69, 9.17) is 4.74 Å². The summed E-state index contributed by atoms with van der Waals surface area (Å²) in [4.78, 5) is 23.7. The minimum atomic E-state index is -0.682. The topological polar surface area (TPSA) is 158 Å². The number of aliphatic hydroxyl groups is 2. The standard InChI is InChI=1S/C28H45NO2.C25H42O4.K.H2O/c1-7-20-24-16-17(2)10-13-28(24,6)23-11-14-27(5)21(18(3)12-15-29)8-9-22(27)25(23)26(20)31-19(4)30;1-5-16-20-13-15(26)8-10-25(20,4)19-9-11-24(3)17(14(2)12-21(27)28)6-7-18(24)22(19)23(16)29;;/h17-18,20-26H,7-14,16H2,1-6H3;14-20,22-23,26,29H,5-13H2,1-4H3,(H,27,28);;1H2/q;;+1;/p-1/t17-,18-,20-,21-,22+,23+,24+,25+,26-,27-,28-;14-,15-,16-,17-,18+,19+,20+,22+,23-,24-,25-;;/m11../s1. The van der Waals surface area contributed by atoms with Crippen molar-refractivity contribution in [3.05, 3.63) is 0 Å². The molecule has 0 amide bonds. The molecule has 8 rings (SSSR count). The van der Waals surface area contributed by atoms with Crippen LogP contribution in [0.25, 0.3) is 0 Å². The number of hydrogen-bond donors (Lipinski definition) is 3. The first-order valence-corrected chi connectivity index (χ1v) is 25.4. The molecule has 4 N–H and O–H groups in total. The van der Waals surface area contributed by atoms with Crippen molar-refractivity contribution in [1.29, 1.82) is 5.26 Å². The molecule has 22 atom stereocenters. The van der Waals surface area contributed by atoms with Crippen LogP contribution in [0.1, 0.15) is 185 Å². The van der Waals surface area contributed by atoms with Gasteiger partial charge in [-0.2, -0.15) is 5.26 Å². The second-order valence-corrected chi connectivity index (χ2v) is 24.2. The number of hydrogen-bond acceptors (Lipinski definition) is 7. The summed E-state index contributed by atoms with van der Waals surface area (Å²) in [6.45, 7) is 23.0. The summed E-state index contributed by atoms with van der Waals surface area (Å²) in [5.41, 5.74) is 1.08. The van der Waals surface area contributed by atoms with Crippen molar-refractivity contribution in [2.45, 2.75) is 203 Å². The summed E-state index contributed by atoms with van der Waals surface area (Å²) in [6, 6.07) is 2.44. The number of nitriles is 1. The van der Waals surface area contributed by atoms with Crippen LogP contribution in [-0.2, 0) is 14.3 Å². The SMILES string of the molecule is CC[C@H]1[C@@H](O)[C@@H]2[C@H](CC[C@]3(C)[C@@H]([C@H](C)CC(=O)O)CC[C@@H]23)[C@@]2(C)CC[C@@H](O)C[C@@H]12.CC[C@H]1[C@@H](OC(C)=O)[C@@H]2[C@H](CC[C@]3(C)[C@@H]([C@H](C)CC#N)CC[C@@H]23)[C@@]2(C)CC[C@@H](C)C[C@@H]12.[K+].[OH-]. The zero-order valence-corrected chi connectivity index (χ0v) is 44.2. The summed E-state index contributed by atoms with van der Waals surface area (Å²) in [5, 5.41) is 40.7. The molecule has 8 saturated carbocycles. The molecule has 62 heavy (non-hydrogen) atoms. The van der Waals surface area contributed by atoms with Gasteiger partial charge in [-0.1, -0.05) is 75.2 Å². The van der Waals surface area contributed by atoms with E-state index in [1.165, 1.54) is 51.4 Å². The van der Waals surface area contributed by atoms with Crippen molar-refractivity contribution in [3.63, 3.8) is 0 Å². The van der Waals surface area contributed by atoms with Crippen LogP contribution in [0.5, 0.6) is 0 Å². The van der Waals surface area contributed by atoms with Gasteiger partial charge in [0.15, 0.2) is 0 Å². The number of carbonyl (C=O) groups is 2. The average Bonchev–Trinajstić information content (AvgIpc) is 3.73. The molecule has 9 heteroatoms. The van der Waals surface area contributed by atoms with Crippen molar-refractivity contribution in [3.8, 4) is 6.07 Å². The van der Waals surface area contributed by atoms with E-state index in [0.717, 1.165) is 57.3 Å². The quantitative estimate of drug-likeness (QED) is 0.162. The molecule has 0 spiro atoms. The molecule has 0 unspecified atom stereocenters. The molecule has 348 valence electrons. The minimum absolute atomic E-state index is 0. The minimum Gasteiger partial charge on any atom is -0.870 e. The second-order valence-electron chi connectivity index (χ2n) is 24.2. The van der Waals surface area contributed by atoms with E-state index in [1.807, 2.05) is 0 Å².